The molecule has 0 aliphatic carbocycles. The second-order valence-electron chi connectivity index (χ2n) is 4.09. The van der Waals surface area contributed by atoms with Crippen LogP contribution in [-0.4, -0.2) is 66.2 Å². The number of hydrogen-bond donors (Lipinski definition) is 6. The summed E-state index contributed by atoms with van der Waals surface area (Å²) in [6.45, 7) is 4.53. The summed E-state index contributed by atoms with van der Waals surface area (Å²) in [6.07, 6.45) is -2.46. The third kappa shape index (κ3) is 23.3. The van der Waals surface area contributed by atoms with Crippen molar-refractivity contribution in [2.75, 3.05) is 0 Å². The number of aliphatic hydroxyl groups excluding tert-OH is 1. The van der Waals surface area contributed by atoms with Gasteiger partial charge in [0.1, 0.15) is 0 Å². The molecule has 0 heterocycles. The van der Waals surface area contributed by atoms with E-state index in [2.05, 4.69) is 0 Å². The van der Waals surface area contributed by atoms with E-state index in [-0.39, 0.29) is 6.10 Å². The van der Waals surface area contributed by atoms with Gasteiger partial charge in [-0.1, -0.05) is 0 Å². The van der Waals surface area contributed by atoms with Crippen molar-refractivity contribution in [2.24, 2.45) is 0 Å². The highest BCUT2D eigenvalue weighted by molar-refractivity contribution is 5.88. The Labute approximate surface area is 120 Å². The molecule has 10 heteroatoms. The van der Waals surface area contributed by atoms with Gasteiger partial charge in [0.25, 0.3) is 5.97 Å². The van der Waals surface area contributed by atoms with Gasteiger partial charge >= 0.3 is 17.9 Å². The fraction of sp³-hybridized carbons (Fsp3) is 0.636. The lowest BCUT2D eigenvalue weighted by molar-refractivity contribution is -0.170. The highest BCUT2D eigenvalue weighted by atomic mass is 16.4. The van der Waals surface area contributed by atoms with E-state index >= 15 is 0 Å². The summed E-state index contributed by atoms with van der Waals surface area (Å²) < 4.78 is 0. The van der Waals surface area contributed by atoms with E-state index in [0.717, 1.165) is 6.92 Å². The maximum atomic E-state index is 10.3. The fourth-order valence-electron chi connectivity index (χ4n) is 0.714. The van der Waals surface area contributed by atoms with Gasteiger partial charge in [-0.05, 0) is 13.8 Å². The molecule has 0 unspecified atom stereocenters. The first-order valence-electron chi connectivity index (χ1n) is 5.51. The van der Waals surface area contributed by atoms with Gasteiger partial charge in [-0.2, -0.15) is 0 Å². The van der Waals surface area contributed by atoms with E-state index in [0.29, 0.717) is 0 Å². The minimum atomic E-state index is -2.74. The van der Waals surface area contributed by atoms with Crippen LogP contribution in [0.5, 0.6) is 0 Å². The molecule has 0 atom stereocenters. The van der Waals surface area contributed by atoms with Gasteiger partial charge in [0, 0.05) is 13.0 Å². The molecule has 0 radical (unpaired) electrons. The van der Waals surface area contributed by atoms with Crippen LogP contribution in [0.2, 0.25) is 0 Å². The third-order valence-corrected chi connectivity index (χ3v) is 1.29. The van der Waals surface area contributed by atoms with Crippen LogP contribution in [-0.2, 0) is 19.2 Å². The van der Waals surface area contributed by atoms with E-state index in [4.69, 9.17) is 35.4 Å². The van der Waals surface area contributed by atoms with Crippen molar-refractivity contribution in [3.63, 3.8) is 0 Å². The lowest BCUT2D eigenvalue weighted by Crippen LogP contribution is -2.42. The van der Waals surface area contributed by atoms with Crippen LogP contribution in [0.1, 0.15) is 33.6 Å². The predicted octanol–water partition coefficient (Wildman–Crippen LogP) is -0.770. The average Bonchev–Trinajstić information content (AvgIpc) is 2.11. The first kappa shape index (κ1) is 23.9. The molecule has 0 aliphatic heterocycles. The standard InChI is InChI=1S/C6H8O7.C3H8O.C2H4O2/c7-3(8)1-6(13,5(11)12)2-4(9)10;1-3(2)4;1-2(3)4/h13H,1-2H2,(H,7,8)(H,9,10)(H,11,12);3-4H,1-2H3;1H3,(H,3,4). The van der Waals surface area contributed by atoms with E-state index in [1.165, 1.54) is 0 Å². The van der Waals surface area contributed by atoms with Crippen LogP contribution in [0, 0.1) is 0 Å². The molecule has 0 aliphatic rings. The van der Waals surface area contributed by atoms with Gasteiger partial charge in [-0.3, -0.25) is 14.4 Å². The summed E-state index contributed by atoms with van der Waals surface area (Å²) in [5.41, 5.74) is -2.74. The number of aliphatic hydroxyl groups is 2. The highest BCUT2D eigenvalue weighted by Gasteiger charge is 2.40. The van der Waals surface area contributed by atoms with Crippen molar-refractivity contribution in [2.45, 2.75) is 45.3 Å². The van der Waals surface area contributed by atoms with Crippen molar-refractivity contribution < 1.29 is 49.8 Å². The van der Waals surface area contributed by atoms with Crippen LogP contribution in [0.3, 0.4) is 0 Å². The number of hydrogen-bond acceptors (Lipinski definition) is 6. The fourth-order valence-corrected chi connectivity index (χ4v) is 0.714. The summed E-state index contributed by atoms with van der Waals surface area (Å²) >= 11 is 0. The van der Waals surface area contributed by atoms with Crippen LogP contribution < -0.4 is 0 Å². The Morgan fingerprint density at radius 3 is 1.19 bits per heavy atom. The smallest absolute Gasteiger partial charge is 0.336 e. The normalized spacial score (nSPS) is 9.62. The molecule has 0 rings (SSSR count). The Morgan fingerprint density at radius 1 is 0.905 bits per heavy atom. The molecular weight excluding hydrogens is 292 g/mol. The molecule has 0 saturated heterocycles. The third-order valence-electron chi connectivity index (χ3n) is 1.29. The molecule has 0 bridgehead atoms. The summed E-state index contributed by atoms with van der Waals surface area (Å²) in [6, 6.07) is 0. The highest BCUT2D eigenvalue weighted by Crippen LogP contribution is 2.15. The van der Waals surface area contributed by atoms with Gasteiger partial charge in [0.15, 0.2) is 5.60 Å². The van der Waals surface area contributed by atoms with Crippen LogP contribution >= 0.6 is 0 Å². The van der Waals surface area contributed by atoms with Crippen molar-refractivity contribution in [3.05, 3.63) is 0 Å². The minimum Gasteiger partial charge on any atom is -0.481 e. The van der Waals surface area contributed by atoms with E-state index in [9.17, 15) is 14.4 Å². The zero-order valence-electron chi connectivity index (χ0n) is 11.8. The molecular formula is C11H20O10. The van der Waals surface area contributed by atoms with Crippen molar-refractivity contribution in [1.29, 1.82) is 0 Å². The summed E-state index contributed by atoms with van der Waals surface area (Å²) in [5, 5.41) is 49.3. The van der Waals surface area contributed by atoms with Crippen LogP contribution in [0.15, 0.2) is 0 Å². The Morgan fingerprint density at radius 2 is 1.10 bits per heavy atom. The van der Waals surface area contributed by atoms with E-state index in [1.807, 2.05) is 0 Å². The van der Waals surface area contributed by atoms with E-state index < -0.39 is 42.3 Å². The lowest BCUT2D eigenvalue weighted by Gasteiger charge is -2.18. The van der Waals surface area contributed by atoms with Gasteiger partial charge in [0.05, 0.1) is 12.8 Å². The number of carboxylic acids is 4. The second kappa shape index (κ2) is 11.6. The monoisotopic (exact) mass is 312 g/mol. The number of rotatable bonds is 5. The molecule has 0 spiro atoms. The maximum absolute atomic E-state index is 10.3. The largest absolute Gasteiger partial charge is 0.481 e. The molecule has 0 aromatic carbocycles. The number of aliphatic carboxylic acids is 4. The maximum Gasteiger partial charge on any atom is 0.336 e. The molecule has 124 valence electrons. The second-order valence-corrected chi connectivity index (χ2v) is 4.09. The van der Waals surface area contributed by atoms with Crippen molar-refractivity contribution in [3.8, 4) is 0 Å². The van der Waals surface area contributed by atoms with Crippen LogP contribution in [0.4, 0.5) is 0 Å². The molecule has 0 amide bonds. The number of carboxylic acid groups (broad SMARTS) is 4. The summed E-state index contributed by atoms with van der Waals surface area (Å²) in [4.78, 5) is 39.5. The Bertz CT molecular complexity index is 337. The zero-order valence-corrected chi connectivity index (χ0v) is 11.8. The summed E-state index contributed by atoms with van der Waals surface area (Å²) in [7, 11) is 0. The first-order chi connectivity index (χ1) is 9.24. The summed E-state index contributed by atoms with van der Waals surface area (Å²) in [5.74, 6) is -5.85. The molecule has 0 aromatic heterocycles. The van der Waals surface area contributed by atoms with Crippen LogP contribution in [0.25, 0.3) is 0 Å². The molecule has 0 fully saturated rings. The molecule has 0 aromatic rings. The molecule has 6 N–H and O–H groups in total. The minimum absolute atomic E-state index is 0.167. The first-order valence-corrected chi connectivity index (χ1v) is 5.51. The average molecular weight is 312 g/mol. The number of carbonyl (C=O) groups is 4. The quantitative estimate of drug-likeness (QED) is 0.375. The van der Waals surface area contributed by atoms with E-state index in [1.54, 1.807) is 13.8 Å². The SMILES string of the molecule is CC(=O)O.CC(C)O.O=C(O)CC(O)(CC(=O)O)C(=O)O. The van der Waals surface area contributed by atoms with Crippen molar-refractivity contribution in [1.82, 2.24) is 0 Å². The predicted molar refractivity (Wildman–Crippen MR) is 67.8 cm³/mol. The van der Waals surface area contributed by atoms with Gasteiger partial charge in [-0.15, -0.1) is 0 Å². The Kier molecular flexibility index (Phi) is 13.2. The van der Waals surface area contributed by atoms with Gasteiger partial charge in [0.2, 0.25) is 0 Å². The Balaban J connectivity index is -0.000000334. The molecule has 21 heavy (non-hydrogen) atoms. The van der Waals surface area contributed by atoms with Gasteiger partial charge < -0.3 is 30.6 Å². The zero-order chi connectivity index (χ0) is 17.8. The topological polar surface area (TPSA) is 190 Å². The molecule has 0 saturated carbocycles. The van der Waals surface area contributed by atoms with Crippen molar-refractivity contribution >= 4 is 23.9 Å². The van der Waals surface area contributed by atoms with Gasteiger partial charge in [-0.25, -0.2) is 4.79 Å². The lowest BCUT2D eigenvalue weighted by atomic mass is 9.96. The Hall–Kier alpha value is -2.20. The molecule has 10 nitrogen and oxygen atoms in total.